The molecule has 0 radical (unpaired) electrons. The minimum atomic E-state index is 0.364. The van der Waals surface area contributed by atoms with E-state index in [1.54, 1.807) is 0 Å². The van der Waals surface area contributed by atoms with Crippen LogP contribution in [0.4, 0.5) is 0 Å². The molecule has 3 rings (SSSR count). The highest BCUT2D eigenvalue weighted by molar-refractivity contribution is 7.99. The summed E-state index contributed by atoms with van der Waals surface area (Å²) in [7, 11) is 0. The Hall–Kier alpha value is -0.260. The van der Waals surface area contributed by atoms with Gasteiger partial charge in [-0.05, 0) is 26.3 Å². The quantitative estimate of drug-likeness (QED) is 0.830. The summed E-state index contributed by atoms with van der Waals surface area (Å²) in [4.78, 5) is 17.4. The van der Waals surface area contributed by atoms with E-state index in [4.69, 9.17) is 0 Å². The summed E-state index contributed by atoms with van der Waals surface area (Å²) in [5.74, 6) is 2.63. The maximum absolute atomic E-state index is 12.6. The third-order valence-corrected chi connectivity index (χ3v) is 6.06. The lowest BCUT2D eigenvalue weighted by atomic mass is 9.96. The summed E-state index contributed by atoms with van der Waals surface area (Å²) in [6, 6.07) is 1.39. The second kappa shape index (κ2) is 6.67. The number of thioether (sulfide) groups is 1. The van der Waals surface area contributed by atoms with E-state index in [9.17, 15) is 4.79 Å². The average Bonchev–Trinajstić information content (AvgIpc) is 2.47. The van der Waals surface area contributed by atoms with E-state index < -0.39 is 0 Å². The summed E-state index contributed by atoms with van der Waals surface area (Å²) in [5.41, 5.74) is 0. The van der Waals surface area contributed by atoms with Crippen LogP contribution in [-0.2, 0) is 4.79 Å². The Bertz CT molecular complexity index is 346. The Kier molecular flexibility index (Phi) is 4.89. The predicted octanol–water partition coefficient (Wildman–Crippen LogP) is 1.17. The molecular formula is C15H27N3OS. The first-order chi connectivity index (χ1) is 9.74. The fourth-order valence-corrected chi connectivity index (χ4v) is 4.73. The van der Waals surface area contributed by atoms with E-state index >= 15 is 0 Å². The second-order valence-electron chi connectivity index (χ2n) is 6.47. The first kappa shape index (κ1) is 14.7. The maximum Gasteiger partial charge on any atom is 0.224 e. The lowest BCUT2D eigenvalue weighted by molar-refractivity contribution is -0.138. The number of fused-ring (bicyclic) bond motifs is 1. The van der Waals surface area contributed by atoms with Crippen molar-refractivity contribution in [3.63, 3.8) is 0 Å². The molecule has 5 heteroatoms. The molecule has 3 fully saturated rings. The van der Waals surface area contributed by atoms with Crippen molar-refractivity contribution in [2.24, 2.45) is 0 Å². The average molecular weight is 297 g/mol. The molecule has 3 heterocycles. The minimum absolute atomic E-state index is 0.364. The van der Waals surface area contributed by atoms with Gasteiger partial charge in [0.1, 0.15) is 0 Å². The fraction of sp³-hybridized carbons (Fsp3) is 0.933. The van der Waals surface area contributed by atoms with Crippen LogP contribution in [0.25, 0.3) is 0 Å². The molecule has 1 N–H and O–H groups in total. The zero-order valence-corrected chi connectivity index (χ0v) is 13.3. The lowest BCUT2D eigenvalue weighted by Gasteiger charge is -2.47. The molecule has 3 aliphatic rings. The van der Waals surface area contributed by atoms with Crippen molar-refractivity contribution >= 4 is 17.7 Å². The molecule has 1 amide bonds. The van der Waals surface area contributed by atoms with Crippen LogP contribution in [0.2, 0.25) is 0 Å². The van der Waals surface area contributed by atoms with Crippen molar-refractivity contribution in [3.05, 3.63) is 0 Å². The van der Waals surface area contributed by atoms with Gasteiger partial charge >= 0.3 is 0 Å². The van der Waals surface area contributed by atoms with Crippen LogP contribution in [0.1, 0.15) is 32.6 Å². The highest BCUT2D eigenvalue weighted by atomic mass is 32.2. The summed E-state index contributed by atoms with van der Waals surface area (Å²) in [5, 5.41) is 3.48. The van der Waals surface area contributed by atoms with Crippen LogP contribution in [0, 0.1) is 0 Å². The number of amides is 1. The third-order valence-electron chi connectivity index (χ3n) is 4.93. The predicted molar refractivity (Wildman–Crippen MR) is 84.1 cm³/mol. The number of hydrogen-bond donors (Lipinski definition) is 1. The molecule has 0 aromatic carbocycles. The Balaban J connectivity index is 1.56. The smallest absolute Gasteiger partial charge is 0.224 e. The highest BCUT2D eigenvalue weighted by Crippen LogP contribution is 2.25. The molecule has 4 nitrogen and oxygen atoms in total. The molecule has 3 aliphatic heterocycles. The zero-order chi connectivity index (χ0) is 13.9. The van der Waals surface area contributed by atoms with E-state index in [1.807, 2.05) is 11.8 Å². The number of piperidine rings is 1. The van der Waals surface area contributed by atoms with Gasteiger partial charge in [-0.25, -0.2) is 0 Å². The van der Waals surface area contributed by atoms with Gasteiger partial charge in [0.2, 0.25) is 5.91 Å². The van der Waals surface area contributed by atoms with Gasteiger partial charge in [0.15, 0.2) is 0 Å². The molecular weight excluding hydrogens is 270 g/mol. The Labute approximate surface area is 126 Å². The van der Waals surface area contributed by atoms with E-state index in [0.717, 1.165) is 25.4 Å². The van der Waals surface area contributed by atoms with E-state index in [0.29, 0.717) is 30.5 Å². The molecule has 0 spiro atoms. The SMILES string of the molecule is CC1CN2CCCCC2CN1C(=O)CC1CSCCN1. The number of carbonyl (C=O) groups is 1. The number of rotatable bonds is 2. The molecule has 0 aromatic rings. The highest BCUT2D eigenvalue weighted by Gasteiger charge is 2.35. The van der Waals surface area contributed by atoms with Gasteiger partial charge in [0.05, 0.1) is 0 Å². The van der Waals surface area contributed by atoms with E-state index in [1.165, 1.54) is 31.6 Å². The van der Waals surface area contributed by atoms with Gasteiger partial charge in [-0.3, -0.25) is 9.69 Å². The number of piperazine rings is 1. The summed E-state index contributed by atoms with van der Waals surface area (Å²) < 4.78 is 0. The van der Waals surface area contributed by atoms with E-state index in [-0.39, 0.29) is 0 Å². The largest absolute Gasteiger partial charge is 0.337 e. The topological polar surface area (TPSA) is 35.6 Å². The van der Waals surface area contributed by atoms with Crippen molar-refractivity contribution < 1.29 is 4.79 Å². The normalized spacial score (nSPS) is 35.6. The van der Waals surface area contributed by atoms with Crippen molar-refractivity contribution in [1.82, 2.24) is 15.1 Å². The molecule has 3 saturated heterocycles. The van der Waals surface area contributed by atoms with Gasteiger partial charge in [0.25, 0.3) is 0 Å². The minimum Gasteiger partial charge on any atom is -0.337 e. The Morgan fingerprint density at radius 2 is 2.25 bits per heavy atom. The first-order valence-electron chi connectivity index (χ1n) is 8.08. The van der Waals surface area contributed by atoms with Gasteiger partial charge in [-0.1, -0.05) is 6.42 Å². The summed E-state index contributed by atoms with van der Waals surface area (Å²) in [6.07, 6.45) is 4.62. The lowest BCUT2D eigenvalue weighted by Crippen LogP contribution is -2.60. The van der Waals surface area contributed by atoms with Crippen LogP contribution < -0.4 is 5.32 Å². The number of nitrogens with zero attached hydrogens (tertiary/aromatic N) is 2. The molecule has 114 valence electrons. The van der Waals surface area contributed by atoms with Crippen molar-refractivity contribution in [2.45, 2.75) is 50.7 Å². The van der Waals surface area contributed by atoms with Crippen LogP contribution in [0.3, 0.4) is 0 Å². The van der Waals surface area contributed by atoms with Gasteiger partial charge in [-0.15, -0.1) is 0 Å². The Morgan fingerprint density at radius 1 is 1.35 bits per heavy atom. The molecule has 20 heavy (non-hydrogen) atoms. The Morgan fingerprint density at radius 3 is 3.05 bits per heavy atom. The molecule has 3 unspecified atom stereocenters. The standard InChI is InChI=1S/C15H27N3OS/c1-12-9-17-6-3-2-4-14(17)10-18(12)15(19)8-13-11-20-7-5-16-13/h12-14,16H,2-11H2,1H3. The maximum atomic E-state index is 12.6. The molecule has 0 saturated carbocycles. The monoisotopic (exact) mass is 297 g/mol. The molecule has 0 aliphatic carbocycles. The van der Waals surface area contributed by atoms with Crippen molar-refractivity contribution in [3.8, 4) is 0 Å². The number of carbonyl (C=O) groups excluding carboxylic acids is 1. The number of hydrogen-bond acceptors (Lipinski definition) is 4. The zero-order valence-electron chi connectivity index (χ0n) is 12.5. The summed E-state index contributed by atoms with van der Waals surface area (Å²) in [6.45, 7) is 6.53. The second-order valence-corrected chi connectivity index (χ2v) is 7.62. The molecule has 0 aromatic heterocycles. The third kappa shape index (κ3) is 3.31. The van der Waals surface area contributed by atoms with Gasteiger partial charge in [-0.2, -0.15) is 11.8 Å². The van der Waals surface area contributed by atoms with Crippen LogP contribution in [0.5, 0.6) is 0 Å². The summed E-state index contributed by atoms with van der Waals surface area (Å²) >= 11 is 1.97. The molecule has 3 atom stereocenters. The van der Waals surface area contributed by atoms with Crippen molar-refractivity contribution in [2.75, 3.05) is 37.7 Å². The van der Waals surface area contributed by atoms with Gasteiger partial charge < -0.3 is 10.2 Å². The van der Waals surface area contributed by atoms with Gasteiger partial charge in [0, 0.05) is 55.7 Å². The molecule has 0 bridgehead atoms. The van der Waals surface area contributed by atoms with Crippen LogP contribution in [0.15, 0.2) is 0 Å². The fourth-order valence-electron chi connectivity index (χ4n) is 3.78. The first-order valence-corrected chi connectivity index (χ1v) is 9.24. The van der Waals surface area contributed by atoms with Crippen LogP contribution >= 0.6 is 11.8 Å². The van der Waals surface area contributed by atoms with Crippen LogP contribution in [-0.4, -0.2) is 71.5 Å². The van der Waals surface area contributed by atoms with Crippen molar-refractivity contribution in [1.29, 1.82) is 0 Å². The van der Waals surface area contributed by atoms with E-state index in [2.05, 4.69) is 22.0 Å². The number of nitrogens with one attached hydrogen (secondary N) is 1.